The molecule has 78 valence electrons. The number of rotatable bonds is 4. The molecule has 1 fully saturated rings. The monoisotopic (exact) mass is 212 g/mol. The van der Waals surface area contributed by atoms with Crippen LogP contribution >= 0.6 is 11.3 Å². The summed E-state index contributed by atoms with van der Waals surface area (Å²) < 4.78 is 0. The van der Waals surface area contributed by atoms with Crippen molar-refractivity contribution < 1.29 is 0 Å². The first-order valence-electron chi connectivity index (χ1n) is 5.12. The fourth-order valence-corrected chi connectivity index (χ4v) is 2.50. The van der Waals surface area contributed by atoms with Gasteiger partial charge in [-0.1, -0.05) is 11.3 Å². The Kier molecular flexibility index (Phi) is 3.31. The minimum atomic E-state index is 0.981. The second kappa shape index (κ2) is 4.70. The lowest BCUT2D eigenvalue weighted by Crippen LogP contribution is -2.17. The van der Waals surface area contributed by atoms with Gasteiger partial charge < -0.3 is 10.2 Å². The molecule has 14 heavy (non-hydrogen) atoms. The zero-order valence-corrected chi connectivity index (χ0v) is 9.31. The van der Waals surface area contributed by atoms with Crippen molar-refractivity contribution in [3.8, 4) is 0 Å². The molecule has 5 heteroatoms. The molecule has 0 atom stereocenters. The maximum Gasteiger partial charge on any atom is 0.208 e. The van der Waals surface area contributed by atoms with Gasteiger partial charge in [0, 0.05) is 26.1 Å². The van der Waals surface area contributed by atoms with Crippen molar-refractivity contribution in [2.24, 2.45) is 0 Å². The van der Waals surface area contributed by atoms with Gasteiger partial charge in [-0.05, 0) is 19.9 Å². The quantitative estimate of drug-likeness (QED) is 0.805. The van der Waals surface area contributed by atoms with E-state index >= 15 is 0 Å². The van der Waals surface area contributed by atoms with Crippen LogP contribution in [0.25, 0.3) is 0 Å². The molecule has 0 aromatic carbocycles. The molecule has 1 aliphatic heterocycles. The summed E-state index contributed by atoms with van der Waals surface area (Å²) in [6, 6.07) is 0. The molecule has 1 aromatic rings. The minimum absolute atomic E-state index is 0.981. The molecule has 0 spiro atoms. The lowest BCUT2D eigenvalue weighted by molar-refractivity contribution is 0.778. The highest BCUT2D eigenvalue weighted by Crippen LogP contribution is 2.23. The highest BCUT2D eigenvalue weighted by atomic mass is 32.1. The van der Waals surface area contributed by atoms with Crippen molar-refractivity contribution in [3.05, 3.63) is 5.01 Å². The van der Waals surface area contributed by atoms with Gasteiger partial charge in [-0.3, -0.25) is 0 Å². The van der Waals surface area contributed by atoms with Gasteiger partial charge in [-0.15, -0.1) is 10.2 Å². The third-order valence-electron chi connectivity index (χ3n) is 2.42. The first-order chi connectivity index (χ1) is 6.90. The average molecular weight is 212 g/mol. The van der Waals surface area contributed by atoms with Gasteiger partial charge in [0.2, 0.25) is 5.13 Å². The molecular formula is C9H16N4S. The Morgan fingerprint density at radius 3 is 2.86 bits per heavy atom. The normalized spacial score (nSPS) is 16.5. The molecule has 1 saturated heterocycles. The topological polar surface area (TPSA) is 41.1 Å². The van der Waals surface area contributed by atoms with Crippen LogP contribution in [-0.2, 0) is 6.42 Å². The van der Waals surface area contributed by atoms with E-state index in [9.17, 15) is 0 Å². The third-order valence-corrected chi connectivity index (χ3v) is 3.47. The molecule has 1 aliphatic rings. The summed E-state index contributed by atoms with van der Waals surface area (Å²) in [6.45, 7) is 3.29. The first kappa shape index (κ1) is 9.86. The smallest absolute Gasteiger partial charge is 0.208 e. The summed E-state index contributed by atoms with van der Waals surface area (Å²) in [6.07, 6.45) is 3.58. The van der Waals surface area contributed by atoms with Crippen LogP contribution in [0.2, 0.25) is 0 Å². The van der Waals surface area contributed by atoms with Crippen molar-refractivity contribution in [1.82, 2.24) is 15.5 Å². The number of nitrogens with one attached hydrogen (secondary N) is 1. The second-order valence-electron chi connectivity index (χ2n) is 3.53. The molecule has 1 N–H and O–H groups in total. The van der Waals surface area contributed by atoms with Crippen LogP contribution < -0.4 is 10.2 Å². The predicted molar refractivity (Wildman–Crippen MR) is 59.0 cm³/mol. The van der Waals surface area contributed by atoms with Crippen LogP contribution in [0.3, 0.4) is 0 Å². The summed E-state index contributed by atoms with van der Waals surface area (Å²) in [4.78, 5) is 2.33. The van der Waals surface area contributed by atoms with Gasteiger partial charge in [0.15, 0.2) is 0 Å². The molecule has 0 aliphatic carbocycles. The molecule has 0 radical (unpaired) electrons. The van der Waals surface area contributed by atoms with Crippen molar-refractivity contribution in [2.75, 3.05) is 31.6 Å². The summed E-state index contributed by atoms with van der Waals surface area (Å²) in [5, 5.41) is 13.8. The van der Waals surface area contributed by atoms with Crippen molar-refractivity contribution in [1.29, 1.82) is 0 Å². The van der Waals surface area contributed by atoms with Gasteiger partial charge in [0.05, 0.1) is 0 Å². The molecule has 0 saturated carbocycles. The van der Waals surface area contributed by atoms with E-state index in [1.807, 2.05) is 7.05 Å². The Bertz CT molecular complexity index is 280. The molecule has 0 bridgehead atoms. The van der Waals surface area contributed by atoms with Crippen LogP contribution in [-0.4, -0.2) is 36.9 Å². The van der Waals surface area contributed by atoms with Crippen LogP contribution in [0.4, 0.5) is 5.13 Å². The van der Waals surface area contributed by atoms with Crippen molar-refractivity contribution >= 4 is 16.5 Å². The third kappa shape index (κ3) is 2.22. The Hall–Kier alpha value is -0.680. The minimum Gasteiger partial charge on any atom is -0.347 e. The predicted octanol–water partition coefficient (Wildman–Crippen LogP) is 0.900. The van der Waals surface area contributed by atoms with Gasteiger partial charge in [0.25, 0.3) is 0 Å². The van der Waals surface area contributed by atoms with Gasteiger partial charge in [-0.2, -0.15) is 0 Å². The zero-order valence-electron chi connectivity index (χ0n) is 8.49. The van der Waals surface area contributed by atoms with Crippen molar-refractivity contribution in [2.45, 2.75) is 19.3 Å². The summed E-state index contributed by atoms with van der Waals surface area (Å²) in [5.74, 6) is 0. The second-order valence-corrected chi connectivity index (χ2v) is 4.57. The Morgan fingerprint density at radius 1 is 1.36 bits per heavy atom. The SMILES string of the molecule is CNCCc1nnc(N2CCCC2)s1. The van der Waals surface area contributed by atoms with Gasteiger partial charge in [0.1, 0.15) is 5.01 Å². The summed E-state index contributed by atoms with van der Waals surface area (Å²) in [5.41, 5.74) is 0. The average Bonchev–Trinajstić information content (AvgIpc) is 2.85. The maximum absolute atomic E-state index is 4.22. The number of likely N-dealkylation sites (N-methyl/N-ethyl adjacent to an activating group) is 1. The van der Waals surface area contributed by atoms with E-state index in [1.165, 1.54) is 12.8 Å². The lowest BCUT2D eigenvalue weighted by Gasteiger charge is -2.10. The largest absolute Gasteiger partial charge is 0.347 e. The molecule has 4 nitrogen and oxygen atoms in total. The van der Waals surface area contributed by atoms with E-state index in [-0.39, 0.29) is 0 Å². The molecule has 0 amide bonds. The van der Waals surface area contributed by atoms with Crippen LogP contribution in [0.15, 0.2) is 0 Å². The fraction of sp³-hybridized carbons (Fsp3) is 0.778. The highest BCUT2D eigenvalue weighted by Gasteiger charge is 2.16. The van der Waals surface area contributed by atoms with Crippen LogP contribution in [0.1, 0.15) is 17.8 Å². The van der Waals surface area contributed by atoms with Crippen LogP contribution in [0, 0.1) is 0 Å². The van der Waals surface area contributed by atoms with E-state index in [0.29, 0.717) is 0 Å². The van der Waals surface area contributed by atoms with E-state index in [2.05, 4.69) is 20.4 Å². The van der Waals surface area contributed by atoms with E-state index in [4.69, 9.17) is 0 Å². The Balaban J connectivity index is 1.94. The van der Waals surface area contributed by atoms with E-state index in [1.54, 1.807) is 11.3 Å². The number of anilines is 1. The first-order valence-corrected chi connectivity index (χ1v) is 5.94. The number of hydrogen-bond donors (Lipinski definition) is 1. The summed E-state index contributed by atoms with van der Waals surface area (Å²) >= 11 is 1.73. The van der Waals surface area contributed by atoms with E-state index < -0.39 is 0 Å². The maximum atomic E-state index is 4.22. The number of nitrogens with zero attached hydrogens (tertiary/aromatic N) is 3. The van der Waals surface area contributed by atoms with Gasteiger partial charge >= 0.3 is 0 Å². The number of aromatic nitrogens is 2. The molecule has 2 rings (SSSR count). The Labute approximate surface area is 88.3 Å². The standard InChI is InChI=1S/C9H16N4S/c1-10-5-4-8-11-12-9(14-8)13-6-2-3-7-13/h10H,2-7H2,1H3. The van der Waals surface area contributed by atoms with Gasteiger partial charge in [-0.25, -0.2) is 0 Å². The van der Waals surface area contributed by atoms with Crippen molar-refractivity contribution in [3.63, 3.8) is 0 Å². The molecular weight excluding hydrogens is 196 g/mol. The number of hydrogen-bond acceptors (Lipinski definition) is 5. The summed E-state index contributed by atoms with van der Waals surface area (Å²) in [7, 11) is 1.96. The zero-order chi connectivity index (χ0) is 9.80. The Morgan fingerprint density at radius 2 is 2.14 bits per heavy atom. The lowest BCUT2D eigenvalue weighted by atomic mass is 10.4. The fourth-order valence-electron chi connectivity index (χ4n) is 1.61. The van der Waals surface area contributed by atoms with E-state index in [0.717, 1.165) is 36.2 Å². The highest BCUT2D eigenvalue weighted by molar-refractivity contribution is 7.15. The van der Waals surface area contributed by atoms with Crippen LogP contribution in [0.5, 0.6) is 0 Å². The molecule has 1 aromatic heterocycles. The molecule has 2 heterocycles. The molecule has 0 unspecified atom stereocenters.